The van der Waals surface area contributed by atoms with Crippen LogP contribution >= 0.6 is 0 Å². The zero-order chi connectivity index (χ0) is 17.1. The summed E-state index contributed by atoms with van der Waals surface area (Å²) < 4.78 is 28.3. The number of carboxylic acids is 1. The average Bonchev–Trinajstić information content (AvgIpc) is 2.99. The van der Waals surface area contributed by atoms with Crippen LogP contribution < -0.4 is 0 Å². The molecule has 0 saturated heterocycles. The molecule has 2 aromatic carbocycles. The third-order valence-electron chi connectivity index (χ3n) is 3.71. The number of carboxylic acid groups (broad SMARTS) is 1. The highest BCUT2D eigenvalue weighted by atomic mass is 19.1. The lowest BCUT2D eigenvalue weighted by atomic mass is 10.1. The van der Waals surface area contributed by atoms with Crippen molar-refractivity contribution in [3.63, 3.8) is 0 Å². The Morgan fingerprint density at radius 3 is 2.42 bits per heavy atom. The number of nitrogens with zero attached hydrogens (tertiary/aromatic N) is 2. The predicted molar refractivity (Wildman–Crippen MR) is 84.3 cm³/mol. The van der Waals surface area contributed by atoms with Gasteiger partial charge in [-0.1, -0.05) is 18.2 Å². The van der Waals surface area contributed by atoms with Crippen molar-refractivity contribution in [1.29, 1.82) is 0 Å². The maximum Gasteiger partial charge on any atom is 0.354 e. The monoisotopic (exact) mass is 328 g/mol. The van der Waals surface area contributed by atoms with Gasteiger partial charge in [-0.05, 0) is 42.3 Å². The van der Waals surface area contributed by atoms with E-state index in [1.807, 2.05) is 0 Å². The van der Waals surface area contributed by atoms with Crippen LogP contribution in [0.4, 0.5) is 8.78 Å². The normalized spacial score (nSPS) is 10.8. The summed E-state index contributed by atoms with van der Waals surface area (Å²) in [5.74, 6) is -1.38. The second-order valence-corrected chi connectivity index (χ2v) is 5.27. The molecule has 1 N–H and O–H groups in total. The average molecular weight is 328 g/mol. The Morgan fingerprint density at radius 2 is 1.75 bits per heavy atom. The summed E-state index contributed by atoms with van der Waals surface area (Å²) in [4.78, 5) is 15.6. The molecule has 1 aromatic heterocycles. The molecule has 24 heavy (non-hydrogen) atoms. The molecule has 1 heterocycles. The molecule has 0 aliphatic rings. The Bertz CT molecular complexity index is 873. The van der Waals surface area contributed by atoms with Crippen LogP contribution in [-0.4, -0.2) is 20.6 Å². The maximum absolute atomic E-state index is 13.7. The van der Waals surface area contributed by atoms with Crippen LogP contribution in [0, 0.1) is 11.6 Å². The molecule has 4 nitrogen and oxygen atoms in total. The SMILES string of the molecule is O=C(O)c1cnc(CCc2ccccc2F)n1-c1ccc(F)cc1. The summed E-state index contributed by atoms with van der Waals surface area (Å²) in [6, 6.07) is 11.9. The van der Waals surface area contributed by atoms with Gasteiger partial charge >= 0.3 is 5.97 Å². The molecule has 0 atom stereocenters. The molecular weight excluding hydrogens is 314 g/mol. The molecule has 0 saturated carbocycles. The zero-order valence-corrected chi connectivity index (χ0v) is 12.6. The molecule has 0 spiro atoms. The molecule has 3 aromatic rings. The van der Waals surface area contributed by atoms with Crippen molar-refractivity contribution in [3.8, 4) is 5.69 Å². The molecule has 6 heteroatoms. The van der Waals surface area contributed by atoms with Gasteiger partial charge in [-0.25, -0.2) is 18.6 Å². The van der Waals surface area contributed by atoms with E-state index in [9.17, 15) is 18.7 Å². The molecule has 3 rings (SSSR count). The Kier molecular flexibility index (Phi) is 4.37. The molecule has 0 aliphatic carbocycles. The third kappa shape index (κ3) is 3.17. The van der Waals surface area contributed by atoms with Crippen LogP contribution in [0.5, 0.6) is 0 Å². The fourth-order valence-corrected chi connectivity index (χ4v) is 2.54. The van der Waals surface area contributed by atoms with Gasteiger partial charge in [0.25, 0.3) is 0 Å². The lowest BCUT2D eigenvalue weighted by Gasteiger charge is -2.10. The zero-order valence-electron chi connectivity index (χ0n) is 12.6. The highest BCUT2D eigenvalue weighted by Crippen LogP contribution is 2.18. The van der Waals surface area contributed by atoms with Gasteiger partial charge in [0, 0.05) is 12.1 Å². The molecule has 0 bridgehead atoms. The standard InChI is InChI=1S/C18H14F2N2O2/c19-13-6-8-14(9-7-13)22-16(18(23)24)11-21-17(22)10-5-12-3-1-2-4-15(12)20/h1-4,6-9,11H,5,10H2,(H,23,24). The van der Waals surface area contributed by atoms with Gasteiger partial charge in [-0.15, -0.1) is 0 Å². The topological polar surface area (TPSA) is 55.1 Å². The van der Waals surface area contributed by atoms with Crippen LogP contribution in [0.3, 0.4) is 0 Å². The number of aryl methyl sites for hydroxylation is 2. The van der Waals surface area contributed by atoms with Gasteiger partial charge in [-0.2, -0.15) is 0 Å². The summed E-state index contributed by atoms with van der Waals surface area (Å²) in [5.41, 5.74) is 1.00. The molecule has 0 radical (unpaired) electrons. The van der Waals surface area contributed by atoms with Crippen LogP contribution in [0.1, 0.15) is 21.9 Å². The number of rotatable bonds is 5. The molecule has 0 aliphatic heterocycles. The van der Waals surface area contributed by atoms with Crippen LogP contribution in [-0.2, 0) is 12.8 Å². The summed E-state index contributed by atoms with van der Waals surface area (Å²) in [6.07, 6.45) is 1.98. The van der Waals surface area contributed by atoms with E-state index in [-0.39, 0.29) is 11.5 Å². The lowest BCUT2D eigenvalue weighted by Crippen LogP contribution is -2.10. The van der Waals surface area contributed by atoms with E-state index in [2.05, 4.69) is 4.98 Å². The maximum atomic E-state index is 13.7. The van der Waals surface area contributed by atoms with E-state index in [1.54, 1.807) is 18.2 Å². The minimum absolute atomic E-state index is 0.0230. The smallest absolute Gasteiger partial charge is 0.354 e. The predicted octanol–water partition coefficient (Wildman–Crippen LogP) is 3.63. The molecular formula is C18H14F2N2O2. The van der Waals surface area contributed by atoms with E-state index in [4.69, 9.17) is 0 Å². The molecule has 0 fully saturated rings. The van der Waals surface area contributed by atoms with Crippen LogP contribution in [0.25, 0.3) is 5.69 Å². The van der Waals surface area contributed by atoms with Gasteiger partial charge in [0.2, 0.25) is 0 Å². The first-order valence-electron chi connectivity index (χ1n) is 7.35. The van der Waals surface area contributed by atoms with Crippen molar-refractivity contribution < 1.29 is 18.7 Å². The van der Waals surface area contributed by atoms with E-state index in [1.165, 1.54) is 41.1 Å². The quantitative estimate of drug-likeness (QED) is 0.778. The Labute approximate surface area is 137 Å². The second-order valence-electron chi connectivity index (χ2n) is 5.27. The highest BCUT2D eigenvalue weighted by Gasteiger charge is 2.17. The highest BCUT2D eigenvalue weighted by molar-refractivity contribution is 5.86. The van der Waals surface area contributed by atoms with Gasteiger partial charge in [0.05, 0.1) is 6.20 Å². The first kappa shape index (κ1) is 15.9. The Hall–Kier alpha value is -3.02. The van der Waals surface area contributed by atoms with Crippen LogP contribution in [0.15, 0.2) is 54.7 Å². The minimum Gasteiger partial charge on any atom is -0.477 e. The number of carbonyl (C=O) groups is 1. The number of benzene rings is 2. The Balaban J connectivity index is 1.95. The second kappa shape index (κ2) is 6.62. The van der Waals surface area contributed by atoms with Crippen LogP contribution in [0.2, 0.25) is 0 Å². The minimum atomic E-state index is -1.14. The van der Waals surface area contributed by atoms with Crippen molar-refractivity contribution in [2.24, 2.45) is 0 Å². The van der Waals surface area contributed by atoms with E-state index in [0.29, 0.717) is 29.9 Å². The number of halogens is 2. The summed E-state index contributed by atoms with van der Waals surface area (Å²) >= 11 is 0. The van der Waals surface area contributed by atoms with Gasteiger partial charge in [0.15, 0.2) is 5.69 Å². The van der Waals surface area contributed by atoms with Crippen molar-refractivity contribution in [2.75, 3.05) is 0 Å². The molecule has 122 valence electrons. The third-order valence-corrected chi connectivity index (χ3v) is 3.71. The van der Waals surface area contributed by atoms with E-state index < -0.39 is 11.8 Å². The van der Waals surface area contributed by atoms with Gasteiger partial charge < -0.3 is 5.11 Å². The fourth-order valence-electron chi connectivity index (χ4n) is 2.54. The summed E-state index contributed by atoms with van der Waals surface area (Å²) in [5, 5.41) is 9.33. The van der Waals surface area contributed by atoms with Crippen molar-refractivity contribution in [3.05, 3.63) is 83.4 Å². The van der Waals surface area contributed by atoms with Crippen molar-refractivity contribution >= 4 is 5.97 Å². The number of hydrogen-bond acceptors (Lipinski definition) is 2. The first-order chi connectivity index (χ1) is 11.6. The van der Waals surface area contributed by atoms with Crippen molar-refractivity contribution in [1.82, 2.24) is 9.55 Å². The molecule has 0 unspecified atom stereocenters. The number of imidazole rings is 1. The largest absolute Gasteiger partial charge is 0.477 e. The first-order valence-corrected chi connectivity index (χ1v) is 7.35. The lowest BCUT2D eigenvalue weighted by molar-refractivity contribution is 0.0688. The van der Waals surface area contributed by atoms with Gasteiger partial charge in [0.1, 0.15) is 17.5 Å². The fraction of sp³-hybridized carbons (Fsp3) is 0.111. The van der Waals surface area contributed by atoms with E-state index in [0.717, 1.165) is 0 Å². The van der Waals surface area contributed by atoms with Crippen molar-refractivity contribution in [2.45, 2.75) is 12.8 Å². The Morgan fingerprint density at radius 1 is 1.04 bits per heavy atom. The number of aromatic carboxylic acids is 1. The van der Waals surface area contributed by atoms with Gasteiger partial charge in [-0.3, -0.25) is 4.57 Å². The summed E-state index contributed by atoms with van der Waals surface area (Å²) in [6.45, 7) is 0. The number of hydrogen-bond donors (Lipinski definition) is 1. The number of aromatic nitrogens is 2. The molecule has 0 amide bonds. The summed E-state index contributed by atoms with van der Waals surface area (Å²) in [7, 11) is 0. The van der Waals surface area contributed by atoms with E-state index >= 15 is 0 Å².